The average Bonchev–Trinajstić information content (AvgIpc) is 2.16. The van der Waals surface area contributed by atoms with Gasteiger partial charge in [0.05, 0.1) is 10.5 Å². The molecule has 2 aromatic rings. The van der Waals surface area contributed by atoms with Crippen molar-refractivity contribution in [3.05, 3.63) is 39.6 Å². The molecule has 0 amide bonds. The molecule has 0 unspecified atom stereocenters. The van der Waals surface area contributed by atoms with Gasteiger partial charge in [-0.25, -0.2) is 0 Å². The maximum Gasteiger partial charge on any atom is 1.00 e. The normalized spacial score (nSPS) is 9.35. The van der Waals surface area contributed by atoms with Gasteiger partial charge in [0.1, 0.15) is 0 Å². The van der Waals surface area contributed by atoms with E-state index >= 15 is 0 Å². The smallest absolute Gasteiger partial charge is 0.870 e. The molecular weight excluding hydrogens is 267 g/mol. The molecule has 0 aliphatic heterocycles. The van der Waals surface area contributed by atoms with Gasteiger partial charge in [-0.1, -0.05) is 11.6 Å². The van der Waals surface area contributed by atoms with Crippen LogP contribution in [-0.2, 0) is 0 Å². The minimum Gasteiger partial charge on any atom is -0.870 e. The maximum absolute atomic E-state index is 11.2. The van der Waals surface area contributed by atoms with Gasteiger partial charge < -0.3 is 15.4 Å². The summed E-state index contributed by atoms with van der Waals surface area (Å²) in [6.45, 7) is 0. The second-order valence-corrected chi connectivity index (χ2v) is 4.01. The number of nitrogens with zero attached hydrogens (tertiary/aromatic N) is 1. The molecule has 0 spiro atoms. The van der Waals surface area contributed by atoms with Gasteiger partial charge >= 0.3 is 51.4 Å². The Kier molecular flexibility index (Phi) is 6.94. The number of aromatic amines is 1. The third-order valence-corrected chi connectivity index (χ3v) is 2.61. The number of hydrogen-bond donors (Lipinski definition) is 1. The van der Waals surface area contributed by atoms with E-state index in [0.29, 0.717) is 5.02 Å². The molecule has 0 saturated carbocycles. The Bertz CT molecular complexity index is 569. The van der Waals surface area contributed by atoms with E-state index in [1.165, 1.54) is 6.07 Å². The number of H-pyrrole nitrogens is 1. The predicted octanol–water partition coefficient (Wildman–Crippen LogP) is -0.925. The molecule has 4 nitrogen and oxygen atoms in total. The maximum atomic E-state index is 11.2. The van der Waals surface area contributed by atoms with E-state index < -0.39 is 0 Å². The standard InChI is InChI=1S/C11H11ClN2O.K.H2O/c1-14(2)7-3-4-8-9(12)6-11(15)13-10(8)5-7;;/h3-6H,1-2H3,(H,13,15);;1H2/q;+1;/p-1. The first-order chi connectivity index (χ1) is 7.08. The van der Waals surface area contributed by atoms with Gasteiger partial charge in [0.15, 0.2) is 0 Å². The zero-order chi connectivity index (χ0) is 11.0. The summed E-state index contributed by atoms with van der Waals surface area (Å²) in [5.41, 5.74) is 1.61. The van der Waals surface area contributed by atoms with Gasteiger partial charge in [0.2, 0.25) is 5.56 Å². The first kappa shape index (κ1) is 17.1. The molecule has 1 heterocycles. The summed E-state index contributed by atoms with van der Waals surface area (Å²) in [5.74, 6) is 0. The molecule has 0 bridgehead atoms. The van der Waals surface area contributed by atoms with E-state index in [1.54, 1.807) is 0 Å². The fourth-order valence-electron chi connectivity index (χ4n) is 1.48. The van der Waals surface area contributed by atoms with E-state index in [-0.39, 0.29) is 62.4 Å². The van der Waals surface area contributed by atoms with Crippen LogP contribution in [0.4, 0.5) is 5.69 Å². The van der Waals surface area contributed by atoms with Crippen LogP contribution in [0.1, 0.15) is 0 Å². The number of halogens is 1. The van der Waals surface area contributed by atoms with Gasteiger partial charge in [-0.3, -0.25) is 4.79 Å². The van der Waals surface area contributed by atoms with Crippen molar-refractivity contribution in [2.45, 2.75) is 0 Å². The van der Waals surface area contributed by atoms with Gasteiger partial charge in [-0.2, -0.15) is 0 Å². The van der Waals surface area contributed by atoms with Crippen LogP contribution < -0.4 is 61.8 Å². The van der Waals surface area contributed by atoms with Crippen LogP contribution in [0, 0.1) is 0 Å². The van der Waals surface area contributed by atoms with E-state index in [4.69, 9.17) is 11.6 Å². The Hall–Kier alpha value is 0.116. The fourth-order valence-corrected chi connectivity index (χ4v) is 1.75. The summed E-state index contributed by atoms with van der Waals surface area (Å²) in [5, 5.41) is 1.35. The van der Waals surface area contributed by atoms with Crippen molar-refractivity contribution in [1.82, 2.24) is 4.98 Å². The van der Waals surface area contributed by atoms with E-state index in [9.17, 15) is 4.79 Å². The molecule has 17 heavy (non-hydrogen) atoms. The fraction of sp³-hybridized carbons (Fsp3) is 0.182. The van der Waals surface area contributed by atoms with Crippen LogP contribution in [0.3, 0.4) is 0 Å². The van der Waals surface area contributed by atoms with Crippen LogP contribution >= 0.6 is 11.6 Å². The summed E-state index contributed by atoms with van der Waals surface area (Å²) in [6, 6.07) is 7.16. The van der Waals surface area contributed by atoms with E-state index in [0.717, 1.165) is 16.6 Å². The van der Waals surface area contributed by atoms with Gasteiger partial charge in [-0.05, 0) is 18.2 Å². The van der Waals surface area contributed by atoms with Crippen molar-refractivity contribution in [3.63, 3.8) is 0 Å². The molecule has 0 aliphatic rings. The molecule has 0 radical (unpaired) electrons. The molecule has 86 valence electrons. The van der Waals surface area contributed by atoms with Gasteiger partial charge in [0.25, 0.3) is 0 Å². The summed E-state index contributed by atoms with van der Waals surface area (Å²) in [4.78, 5) is 16.0. The predicted molar refractivity (Wildman–Crippen MR) is 65.8 cm³/mol. The van der Waals surface area contributed by atoms with Crippen molar-refractivity contribution < 1.29 is 56.9 Å². The number of fused-ring (bicyclic) bond motifs is 1. The Morgan fingerprint density at radius 1 is 1.24 bits per heavy atom. The monoisotopic (exact) mass is 278 g/mol. The first-order valence-corrected chi connectivity index (χ1v) is 4.95. The third-order valence-electron chi connectivity index (χ3n) is 2.29. The summed E-state index contributed by atoms with van der Waals surface area (Å²) >= 11 is 5.96. The molecule has 0 atom stereocenters. The summed E-state index contributed by atoms with van der Waals surface area (Å²) in [7, 11) is 3.90. The summed E-state index contributed by atoms with van der Waals surface area (Å²) < 4.78 is 0. The van der Waals surface area contributed by atoms with Crippen molar-refractivity contribution in [2.75, 3.05) is 19.0 Å². The first-order valence-electron chi connectivity index (χ1n) is 4.58. The molecule has 0 aliphatic carbocycles. The molecule has 1 aromatic heterocycles. The van der Waals surface area contributed by atoms with Crippen molar-refractivity contribution >= 4 is 28.2 Å². The van der Waals surface area contributed by atoms with Gasteiger partial charge in [0, 0.05) is 31.2 Å². The SMILES string of the molecule is CN(C)c1ccc2c(Cl)cc(=O)[nH]c2c1.[K+].[OH-]. The van der Waals surface area contributed by atoms with E-state index in [1.807, 2.05) is 37.2 Å². The number of anilines is 1. The number of rotatable bonds is 1. The minimum atomic E-state index is -0.177. The van der Waals surface area contributed by atoms with E-state index in [2.05, 4.69) is 4.98 Å². The van der Waals surface area contributed by atoms with Crippen LogP contribution in [0.5, 0.6) is 0 Å². The number of aromatic nitrogens is 1. The third kappa shape index (κ3) is 3.79. The Morgan fingerprint density at radius 2 is 1.88 bits per heavy atom. The zero-order valence-corrected chi connectivity index (χ0v) is 13.9. The van der Waals surface area contributed by atoms with Crippen molar-refractivity contribution in [2.24, 2.45) is 0 Å². The Morgan fingerprint density at radius 3 is 2.47 bits per heavy atom. The molecule has 2 N–H and O–H groups in total. The largest absolute Gasteiger partial charge is 1.00 e. The Balaban J connectivity index is 0.00000128. The Labute approximate surface area is 147 Å². The minimum absolute atomic E-state index is 0. The van der Waals surface area contributed by atoms with Crippen LogP contribution in [0.15, 0.2) is 29.1 Å². The number of benzene rings is 1. The summed E-state index contributed by atoms with van der Waals surface area (Å²) in [6.07, 6.45) is 0. The molecule has 6 heteroatoms. The average molecular weight is 279 g/mol. The molecule has 1 aromatic carbocycles. The number of pyridine rings is 1. The quantitative estimate of drug-likeness (QED) is 0.686. The van der Waals surface area contributed by atoms with Crippen LogP contribution in [0.2, 0.25) is 5.02 Å². The van der Waals surface area contributed by atoms with Crippen LogP contribution in [0.25, 0.3) is 10.9 Å². The number of hydrogen-bond acceptors (Lipinski definition) is 3. The topological polar surface area (TPSA) is 66.1 Å². The van der Waals surface area contributed by atoms with Crippen molar-refractivity contribution in [3.8, 4) is 0 Å². The zero-order valence-electron chi connectivity index (χ0n) is 9.99. The molecular formula is C11H12ClKN2O2. The second kappa shape index (κ2) is 6.89. The number of nitrogens with one attached hydrogen (secondary N) is 1. The molecule has 0 saturated heterocycles. The second-order valence-electron chi connectivity index (χ2n) is 3.61. The van der Waals surface area contributed by atoms with Crippen molar-refractivity contribution in [1.29, 1.82) is 0 Å². The molecule has 2 rings (SSSR count). The van der Waals surface area contributed by atoms with Crippen LogP contribution in [-0.4, -0.2) is 24.6 Å². The molecule has 0 fully saturated rings. The van der Waals surface area contributed by atoms with Gasteiger partial charge in [-0.15, -0.1) is 0 Å².